The van der Waals surface area contributed by atoms with Crippen LogP contribution in [-0.2, 0) is 0 Å². The monoisotopic (exact) mass is 322 g/mol. The Morgan fingerprint density at radius 2 is 2.05 bits per heavy atom. The molecule has 0 saturated heterocycles. The molecule has 22 heavy (non-hydrogen) atoms. The van der Waals surface area contributed by atoms with E-state index in [9.17, 15) is 14.3 Å². The highest BCUT2D eigenvalue weighted by Gasteiger charge is 2.09. The van der Waals surface area contributed by atoms with E-state index in [1.165, 1.54) is 49.7 Å². The molecular formula is C15H12ClFN2O3. The quantitative estimate of drug-likeness (QED) is 0.671. The fourth-order valence-corrected chi connectivity index (χ4v) is 1.89. The van der Waals surface area contributed by atoms with E-state index in [-0.39, 0.29) is 22.6 Å². The first-order valence-corrected chi connectivity index (χ1v) is 6.54. The van der Waals surface area contributed by atoms with E-state index in [4.69, 9.17) is 16.3 Å². The number of hydrogen-bond donors (Lipinski definition) is 2. The van der Waals surface area contributed by atoms with Gasteiger partial charge in [0.25, 0.3) is 5.91 Å². The molecule has 0 radical (unpaired) electrons. The molecule has 0 aromatic heterocycles. The van der Waals surface area contributed by atoms with Crippen LogP contribution < -0.4 is 10.2 Å². The van der Waals surface area contributed by atoms with E-state index in [0.29, 0.717) is 5.02 Å². The fourth-order valence-electron chi connectivity index (χ4n) is 1.67. The maximum atomic E-state index is 12.8. The molecule has 0 aliphatic rings. The minimum atomic E-state index is -0.510. The van der Waals surface area contributed by atoms with Crippen molar-refractivity contribution in [3.05, 3.63) is 58.4 Å². The van der Waals surface area contributed by atoms with Crippen LogP contribution in [0.15, 0.2) is 41.5 Å². The van der Waals surface area contributed by atoms with Crippen molar-refractivity contribution in [3.63, 3.8) is 0 Å². The van der Waals surface area contributed by atoms with E-state index in [1.54, 1.807) is 0 Å². The number of phenols is 1. The molecular weight excluding hydrogens is 311 g/mol. The topological polar surface area (TPSA) is 70.9 Å². The van der Waals surface area contributed by atoms with E-state index in [2.05, 4.69) is 10.5 Å². The number of methoxy groups -OCH3 is 1. The molecule has 2 aromatic carbocycles. The Kier molecular flexibility index (Phi) is 4.95. The number of carbonyl (C=O) groups is 1. The van der Waals surface area contributed by atoms with Gasteiger partial charge in [0.05, 0.1) is 13.3 Å². The maximum Gasteiger partial charge on any atom is 0.271 e. The number of hydrazone groups is 1. The standard InChI is InChI=1S/C15H12ClFN2O3/c1-22-13-7-11(16)6-10(14(13)20)8-18-19-15(21)9-2-4-12(17)5-3-9/h2-8,20H,1H3,(H,19,21)/b18-8+. The van der Waals surface area contributed by atoms with Gasteiger partial charge in [0.15, 0.2) is 11.5 Å². The molecule has 2 N–H and O–H groups in total. The first-order valence-electron chi connectivity index (χ1n) is 6.16. The average molecular weight is 323 g/mol. The average Bonchev–Trinajstić information content (AvgIpc) is 2.50. The second-order valence-electron chi connectivity index (χ2n) is 4.25. The van der Waals surface area contributed by atoms with Gasteiger partial charge in [-0.1, -0.05) is 11.6 Å². The molecule has 0 bridgehead atoms. The Morgan fingerprint density at radius 3 is 2.68 bits per heavy atom. The van der Waals surface area contributed by atoms with Crippen LogP contribution in [0.1, 0.15) is 15.9 Å². The molecule has 1 amide bonds. The molecule has 0 atom stereocenters. The van der Waals surface area contributed by atoms with Gasteiger partial charge in [0.2, 0.25) is 0 Å². The molecule has 0 saturated carbocycles. The van der Waals surface area contributed by atoms with Gasteiger partial charge in [-0.25, -0.2) is 9.82 Å². The van der Waals surface area contributed by atoms with Crippen molar-refractivity contribution in [3.8, 4) is 11.5 Å². The highest BCUT2D eigenvalue weighted by Crippen LogP contribution is 2.32. The summed E-state index contributed by atoms with van der Waals surface area (Å²) in [6.45, 7) is 0. The summed E-state index contributed by atoms with van der Waals surface area (Å²) in [6, 6.07) is 7.93. The number of rotatable bonds is 4. The summed E-state index contributed by atoms with van der Waals surface area (Å²) in [5.74, 6) is -0.897. The van der Waals surface area contributed by atoms with Crippen LogP contribution >= 0.6 is 11.6 Å². The highest BCUT2D eigenvalue weighted by molar-refractivity contribution is 6.31. The fraction of sp³-hybridized carbons (Fsp3) is 0.0667. The third-order valence-corrected chi connectivity index (χ3v) is 2.98. The lowest BCUT2D eigenvalue weighted by atomic mass is 10.2. The molecule has 0 spiro atoms. The zero-order chi connectivity index (χ0) is 16.1. The Bertz CT molecular complexity index is 717. The number of benzene rings is 2. The summed E-state index contributed by atoms with van der Waals surface area (Å²) in [4.78, 5) is 11.8. The van der Waals surface area contributed by atoms with E-state index in [1.807, 2.05) is 0 Å². The van der Waals surface area contributed by atoms with Crippen molar-refractivity contribution in [2.45, 2.75) is 0 Å². The van der Waals surface area contributed by atoms with Crippen LogP contribution in [0, 0.1) is 5.82 Å². The van der Waals surface area contributed by atoms with Crippen LogP contribution in [0.5, 0.6) is 11.5 Å². The van der Waals surface area contributed by atoms with E-state index in [0.717, 1.165) is 0 Å². The number of aromatic hydroxyl groups is 1. The summed E-state index contributed by atoms with van der Waals surface area (Å²) < 4.78 is 17.7. The highest BCUT2D eigenvalue weighted by atomic mass is 35.5. The molecule has 0 aliphatic carbocycles. The lowest BCUT2D eigenvalue weighted by Crippen LogP contribution is -2.17. The largest absolute Gasteiger partial charge is 0.504 e. The zero-order valence-corrected chi connectivity index (χ0v) is 12.3. The second-order valence-corrected chi connectivity index (χ2v) is 4.69. The SMILES string of the molecule is COc1cc(Cl)cc(/C=N/NC(=O)c2ccc(F)cc2)c1O. The van der Waals surface area contributed by atoms with Crippen LogP contribution in [0.4, 0.5) is 4.39 Å². The molecule has 114 valence electrons. The third-order valence-electron chi connectivity index (χ3n) is 2.77. The number of nitrogens with one attached hydrogen (secondary N) is 1. The molecule has 2 aromatic rings. The Balaban J connectivity index is 2.11. The predicted molar refractivity (Wildman–Crippen MR) is 81.1 cm³/mol. The number of nitrogens with zero attached hydrogens (tertiary/aromatic N) is 1. The lowest BCUT2D eigenvalue weighted by molar-refractivity contribution is 0.0955. The van der Waals surface area contributed by atoms with Crippen molar-refractivity contribution >= 4 is 23.7 Å². The Labute approximate surface area is 131 Å². The van der Waals surface area contributed by atoms with Crippen molar-refractivity contribution in [1.82, 2.24) is 5.43 Å². The minimum absolute atomic E-state index is 0.147. The number of ether oxygens (including phenoxy) is 1. The van der Waals surface area contributed by atoms with Gasteiger partial charge >= 0.3 is 0 Å². The van der Waals surface area contributed by atoms with Gasteiger partial charge in [0.1, 0.15) is 5.82 Å². The molecule has 5 nitrogen and oxygen atoms in total. The minimum Gasteiger partial charge on any atom is -0.504 e. The van der Waals surface area contributed by atoms with Gasteiger partial charge in [-0.15, -0.1) is 0 Å². The summed E-state index contributed by atoms with van der Waals surface area (Å²) >= 11 is 5.88. The van der Waals surface area contributed by atoms with Crippen molar-refractivity contribution in [2.75, 3.05) is 7.11 Å². The summed E-state index contributed by atoms with van der Waals surface area (Å²) in [7, 11) is 1.39. The zero-order valence-electron chi connectivity index (χ0n) is 11.5. The number of phenolic OH excluding ortho intramolecular Hbond substituents is 1. The molecule has 0 aliphatic heterocycles. The van der Waals surface area contributed by atoms with Crippen molar-refractivity contribution in [1.29, 1.82) is 0 Å². The third kappa shape index (κ3) is 3.73. The number of amides is 1. The Hall–Kier alpha value is -2.60. The number of hydrogen-bond acceptors (Lipinski definition) is 4. The van der Waals surface area contributed by atoms with Gasteiger partial charge in [-0.3, -0.25) is 4.79 Å². The number of halogens is 2. The second kappa shape index (κ2) is 6.91. The van der Waals surface area contributed by atoms with Crippen LogP contribution in [-0.4, -0.2) is 24.3 Å². The van der Waals surface area contributed by atoms with Gasteiger partial charge in [-0.2, -0.15) is 5.10 Å². The van der Waals surface area contributed by atoms with Crippen molar-refractivity contribution in [2.24, 2.45) is 5.10 Å². The van der Waals surface area contributed by atoms with Gasteiger partial charge in [0, 0.05) is 22.2 Å². The molecule has 0 unspecified atom stereocenters. The lowest BCUT2D eigenvalue weighted by Gasteiger charge is -2.06. The molecule has 2 rings (SSSR count). The molecule has 0 heterocycles. The normalized spacial score (nSPS) is 10.7. The van der Waals surface area contributed by atoms with E-state index < -0.39 is 11.7 Å². The first-order chi connectivity index (χ1) is 10.5. The molecule has 7 heteroatoms. The predicted octanol–water partition coefficient (Wildman–Crippen LogP) is 2.96. The van der Waals surface area contributed by atoms with Gasteiger partial charge < -0.3 is 9.84 Å². The number of carbonyl (C=O) groups excluding carboxylic acids is 1. The Morgan fingerprint density at radius 1 is 1.36 bits per heavy atom. The van der Waals surface area contributed by atoms with Crippen LogP contribution in [0.3, 0.4) is 0 Å². The maximum absolute atomic E-state index is 12.8. The van der Waals surface area contributed by atoms with Crippen molar-refractivity contribution < 1.29 is 19.0 Å². The first kappa shape index (κ1) is 15.8. The summed E-state index contributed by atoms with van der Waals surface area (Å²) in [5, 5.41) is 14.0. The van der Waals surface area contributed by atoms with Crippen LogP contribution in [0.25, 0.3) is 0 Å². The van der Waals surface area contributed by atoms with Gasteiger partial charge in [-0.05, 0) is 30.3 Å². The van der Waals surface area contributed by atoms with E-state index >= 15 is 0 Å². The molecule has 0 fully saturated rings. The summed E-state index contributed by atoms with van der Waals surface area (Å²) in [6.07, 6.45) is 1.23. The van der Waals surface area contributed by atoms with Crippen LogP contribution in [0.2, 0.25) is 5.02 Å². The smallest absolute Gasteiger partial charge is 0.271 e. The summed E-state index contributed by atoms with van der Waals surface area (Å²) in [5.41, 5.74) is 2.80.